The van der Waals surface area contributed by atoms with E-state index in [1.54, 1.807) is 24.3 Å². The van der Waals surface area contributed by atoms with E-state index in [2.05, 4.69) is 136 Å². The molecule has 1 spiro atoms. The molecule has 0 N–H and O–H groups in total. The molecule has 0 unspecified atom stereocenters. The fourth-order valence-corrected chi connectivity index (χ4v) is 13.5. The average Bonchev–Trinajstić information content (AvgIpc) is 1.43. The van der Waals surface area contributed by atoms with E-state index < -0.39 is 23.6 Å². The van der Waals surface area contributed by atoms with Crippen LogP contribution >= 0.6 is 0 Å². The van der Waals surface area contributed by atoms with Crippen LogP contribution in [-0.2, 0) is 10.8 Å². The van der Waals surface area contributed by atoms with Crippen molar-refractivity contribution in [3.05, 3.63) is 251 Å². The number of ether oxygens (including phenoxy) is 2. The first kappa shape index (κ1) is 52.6. The molecule has 10 aromatic carbocycles. The van der Waals surface area contributed by atoms with Crippen LogP contribution in [0.2, 0.25) is 0 Å². The van der Waals surface area contributed by atoms with Crippen molar-refractivity contribution in [3.63, 3.8) is 0 Å². The van der Waals surface area contributed by atoms with Crippen molar-refractivity contribution in [3.8, 4) is 22.6 Å². The van der Waals surface area contributed by atoms with Gasteiger partial charge in [0.1, 0.15) is 22.7 Å². The van der Waals surface area contributed by atoms with Crippen LogP contribution in [0.1, 0.15) is 97.9 Å². The second-order valence-electron chi connectivity index (χ2n) is 22.9. The molecule has 0 saturated heterocycles. The monoisotopic (exact) mass is 1120 g/mol. The third kappa shape index (κ3) is 8.23. The van der Waals surface area contributed by atoms with E-state index in [0.717, 1.165) is 88.3 Å². The van der Waals surface area contributed by atoms with E-state index in [1.807, 2.05) is 82.6 Å². The SMILES string of the molecule is CC(C)c1cccc2c1oc1c(N(c3ccc(OC(F)(F)F)cc3)c3ccc4c(c3)C3(c5cc(N(c6ccc(OC(F)(F)F)cc6)c6cccc7c6oc6c(C(C)C)cccc67)ccc5-4)c4ccccc4C(C)(C)c4ccccc43)cccc12. The minimum atomic E-state index is -4.90. The van der Waals surface area contributed by atoms with Gasteiger partial charge in [0.05, 0.1) is 16.8 Å². The highest BCUT2D eigenvalue weighted by Crippen LogP contribution is 2.64. The van der Waals surface area contributed by atoms with Crippen LogP contribution in [-0.4, -0.2) is 12.7 Å². The molecule has 2 aliphatic rings. The Bertz CT molecular complexity index is 4300. The van der Waals surface area contributed by atoms with Crippen LogP contribution < -0.4 is 19.3 Å². The fourth-order valence-electron chi connectivity index (χ4n) is 13.5. The summed E-state index contributed by atoms with van der Waals surface area (Å²) in [4.78, 5) is 4.08. The highest BCUT2D eigenvalue weighted by molar-refractivity contribution is 6.12. The normalized spacial score (nSPS) is 14.1. The maximum Gasteiger partial charge on any atom is 0.573 e. The molecule has 2 aromatic heterocycles. The van der Waals surface area contributed by atoms with E-state index in [-0.39, 0.29) is 23.3 Å². The summed E-state index contributed by atoms with van der Waals surface area (Å²) in [5.74, 6) is -0.413. The first-order valence-electron chi connectivity index (χ1n) is 28.0. The van der Waals surface area contributed by atoms with Crippen molar-refractivity contribution in [2.24, 2.45) is 0 Å². The van der Waals surface area contributed by atoms with Gasteiger partial charge in [0.25, 0.3) is 0 Å². The second kappa shape index (κ2) is 19.1. The Morgan fingerprint density at radius 2 is 0.714 bits per heavy atom. The number of benzene rings is 10. The lowest BCUT2D eigenvalue weighted by Gasteiger charge is -2.47. The maximum absolute atomic E-state index is 13.7. The average molecular weight is 1130 g/mol. The molecule has 12 heteroatoms. The Kier molecular flexibility index (Phi) is 11.9. The summed E-state index contributed by atoms with van der Waals surface area (Å²) in [6.45, 7) is 13.0. The Morgan fingerprint density at radius 1 is 0.369 bits per heavy atom. The Morgan fingerprint density at radius 3 is 1.08 bits per heavy atom. The number of halogens is 6. The summed E-state index contributed by atoms with van der Waals surface area (Å²) in [7, 11) is 0. The van der Waals surface area contributed by atoms with Gasteiger partial charge in [0.15, 0.2) is 11.2 Å². The van der Waals surface area contributed by atoms with Gasteiger partial charge >= 0.3 is 12.7 Å². The summed E-state index contributed by atoms with van der Waals surface area (Å²) in [5, 5.41) is 3.65. The quantitative estimate of drug-likeness (QED) is 0.127. The second-order valence-corrected chi connectivity index (χ2v) is 22.9. The van der Waals surface area contributed by atoms with Gasteiger partial charge in [-0.2, -0.15) is 0 Å². The lowest BCUT2D eigenvalue weighted by Crippen LogP contribution is -2.40. The van der Waals surface area contributed by atoms with E-state index in [4.69, 9.17) is 8.83 Å². The number of nitrogens with zero attached hydrogens (tertiary/aromatic N) is 2. The van der Waals surface area contributed by atoms with E-state index in [1.165, 1.54) is 24.3 Å². The molecule has 0 aliphatic heterocycles. The molecule has 418 valence electrons. The van der Waals surface area contributed by atoms with Gasteiger partial charge in [0, 0.05) is 49.7 Å². The van der Waals surface area contributed by atoms with Crippen LogP contribution in [0.5, 0.6) is 11.5 Å². The molecule has 0 amide bonds. The molecule has 0 saturated carbocycles. The predicted octanol–water partition coefficient (Wildman–Crippen LogP) is 21.5. The topological polar surface area (TPSA) is 51.2 Å². The van der Waals surface area contributed by atoms with Gasteiger partial charge in [-0.1, -0.05) is 163 Å². The van der Waals surface area contributed by atoms with Crippen LogP contribution in [0, 0.1) is 0 Å². The van der Waals surface area contributed by atoms with Crippen molar-refractivity contribution < 1.29 is 44.7 Å². The number of para-hydroxylation sites is 4. The maximum atomic E-state index is 13.7. The number of alkyl halides is 6. The summed E-state index contributed by atoms with van der Waals surface area (Å²) in [5.41, 5.74) is 15.4. The first-order chi connectivity index (χ1) is 40.3. The predicted molar refractivity (Wildman–Crippen MR) is 321 cm³/mol. The van der Waals surface area contributed by atoms with Crippen molar-refractivity contribution in [1.29, 1.82) is 0 Å². The number of rotatable bonds is 10. The molecule has 2 aliphatic carbocycles. The van der Waals surface area contributed by atoms with Gasteiger partial charge < -0.3 is 28.1 Å². The largest absolute Gasteiger partial charge is 0.573 e. The molecule has 0 atom stereocenters. The molecule has 14 rings (SSSR count). The van der Waals surface area contributed by atoms with E-state index in [0.29, 0.717) is 45.3 Å². The Hall–Kier alpha value is -9.42. The van der Waals surface area contributed by atoms with Crippen molar-refractivity contribution in [1.82, 2.24) is 0 Å². The summed E-state index contributed by atoms with van der Waals surface area (Å²) in [6.07, 6.45) is -9.80. The summed E-state index contributed by atoms with van der Waals surface area (Å²) >= 11 is 0. The molecule has 6 nitrogen and oxygen atoms in total. The fraction of sp³-hybridized carbons (Fsp3) is 0.167. The molecule has 84 heavy (non-hydrogen) atoms. The smallest absolute Gasteiger partial charge is 0.454 e. The highest BCUT2D eigenvalue weighted by Gasteiger charge is 2.54. The van der Waals surface area contributed by atoms with Crippen molar-refractivity contribution in [2.75, 3.05) is 9.80 Å². The van der Waals surface area contributed by atoms with Crippen LogP contribution in [0.15, 0.2) is 215 Å². The van der Waals surface area contributed by atoms with E-state index >= 15 is 0 Å². The van der Waals surface area contributed by atoms with Crippen LogP contribution in [0.25, 0.3) is 55.0 Å². The number of fused-ring (bicyclic) bond motifs is 15. The van der Waals surface area contributed by atoms with Crippen molar-refractivity contribution >= 4 is 78.0 Å². The highest BCUT2D eigenvalue weighted by atomic mass is 19.4. The molecule has 0 bridgehead atoms. The molecular formula is C72H54F6N2O4. The Balaban J connectivity index is 1.04. The molecule has 0 radical (unpaired) electrons. The molecule has 12 aromatic rings. The third-order valence-electron chi connectivity index (χ3n) is 17.1. The van der Waals surface area contributed by atoms with Gasteiger partial charge in [-0.15, -0.1) is 26.3 Å². The van der Waals surface area contributed by atoms with Gasteiger partial charge in [0.2, 0.25) is 0 Å². The van der Waals surface area contributed by atoms with Crippen LogP contribution in [0.3, 0.4) is 0 Å². The molecular weight excluding hydrogens is 1070 g/mol. The first-order valence-corrected chi connectivity index (χ1v) is 28.0. The van der Waals surface area contributed by atoms with E-state index in [9.17, 15) is 26.3 Å². The summed E-state index contributed by atoms with van der Waals surface area (Å²) < 4.78 is 105. The zero-order valence-electron chi connectivity index (χ0n) is 46.6. The minimum Gasteiger partial charge on any atom is -0.454 e. The number of hydrogen-bond acceptors (Lipinski definition) is 6. The van der Waals surface area contributed by atoms with Crippen molar-refractivity contribution in [2.45, 2.75) is 76.9 Å². The lowest BCUT2D eigenvalue weighted by molar-refractivity contribution is -0.275. The number of furan rings is 2. The zero-order valence-corrected chi connectivity index (χ0v) is 46.6. The molecule has 0 fully saturated rings. The zero-order chi connectivity index (χ0) is 58.2. The van der Waals surface area contributed by atoms with Gasteiger partial charge in [-0.3, -0.25) is 0 Å². The minimum absolute atomic E-state index is 0.152. The number of hydrogen-bond donors (Lipinski definition) is 0. The standard InChI is InChI=1S/C72H54F6N2O4/c1-41(2)49-15-11-17-53-55-19-13-25-63(67(55)81-65(49)53)79(43-27-33-47(34-28-43)83-71(73,74)75)45-31-37-51-52-38-32-46(40-62(52)70(61(51)39-45)59-23-9-7-21-57(59)69(5,6)58-22-8-10-24-60(58)70)80(44-29-35-48(36-30-44)84-72(76,77)78)64-26-14-20-56-54-18-12-16-50(42(3)4)66(54)82-68(56)64/h7-42H,1-6H3. The van der Waals surface area contributed by atoms with Crippen LogP contribution in [0.4, 0.5) is 60.5 Å². The summed E-state index contributed by atoms with van der Waals surface area (Å²) in [6, 6.07) is 66.0. The van der Waals surface area contributed by atoms with Gasteiger partial charge in [-0.05, 0) is 152 Å². The van der Waals surface area contributed by atoms with Gasteiger partial charge in [-0.25, -0.2) is 0 Å². The Labute approximate surface area is 480 Å². The molecule has 2 heterocycles. The third-order valence-corrected chi connectivity index (χ3v) is 17.1. The lowest BCUT2D eigenvalue weighted by atomic mass is 9.55. The number of anilines is 6.